The van der Waals surface area contributed by atoms with E-state index in [1.807, 2.05) is 0 Å². The van der Waals surface area contributed by atoms with E-state index in [4.69, 9.17) is 75.8 Å². The third-order valence-electron chi connectivity index (χ3n) is 22.3. The van der Waals surface area contributed by atoms with Gasteiger partial charge in [-0.1, -0.05) is 0 Å². The lowest BCUT2D eigenvalue weighted by Crippen LogP contribution is -2.72. The average Bonchev–Trinajstić information content (AvgIpc) is 0.860. The molecule has 0 aromatic rings. The van der Waals surface area contributed by atoms with Crippen LogP contribution in [0.4, 0.5) is 0 Å². The lowest BCUT2D eigenvalue weighted by molar-refractivity contribution is -0.393. The van der Waals surface area contributed by atoms with Crippen molar-refractivity contribution in [3.63, 3.8) is 0 Å². The number of carboxylic acid groups (broad SMARTS) is 2. The zero-order chi connectivity index (χ0) is 93.4. The van der Waals surface area contributed by atoms with Gasteiger partial charge in [0.25, 0.3) is 11.6 Å². The molecule has 5 amide bonds. The van der Waals surface area contributed by atoms with Gasteiger partial charge in [0.05, 0.1) is 95.4 Å². The van der Waals surface area contributed by atoms with E-state index in [2.05, 4.69) is 26.6 Å². The highest BCUT2D eigenvalue weighted by molar-refractivity contribution is 5.78. The zero-order valence-corrected chi connectivity index (χ0v) is 67.9. The third kappa shape index (κ3) is 23.9. The molecule has 32 N–H and O–H groups in total. The van der Waals surface area contributed by atoms with E-state index >= 15 is 0 Å². The average molecular weight is 1830 g/mol. The SMILES string of the molecule is CC(=O)N[C@H]1[C@H](OC[C@@H](O)[C@H](O)[C@H](O[C@@H]2O[C@H](CO)[C@@H](O[C@@H]3O[C@H](CO)[C@H](O)[C@H](O[C@]4(C(=O)O)C[C@H](O)[C@@H](NC(C)=O)[C@H]([C@H](O)[C@H](O)CO)O4)[C@H]3O)[C@H](O[C@@H]3O[C@@H](C)[C@@H](O)[C@@H](O)[C@@H]3O)[C@H]2NC(C)=O)[C@H](CO)NC(C)=O)O[C@H](CO)[C@@H](O[C@@H]2O[C@H](CO)[C@H](O)[C@H](O[C@]3(C(=O)O)C[C@H](O)[C@@H](NC(C)=O)[C@H]([C@H](O)[C@H](O)CO)O3)[C@H]2O)[C@@H]1O[C@@H]1O[C@@H](C)[C@@H](O)[C@@H](O)[C@@H]1O. The first-order chi connectivity index (χ1) is 58.6. The van der Waals surface area contributed by atoms with Crippen LogP contribution in [0.15, 0.2) is 0 Å². The molecule has 0 bridgehead atoms. The molecule has 8 rings (SSSR count). The lowest BCUT2D eigenvalue weighted by atomic mass is 9.88. The molecule has 0 spiro atoms. The van der Waals surface area contributed by atoms with Gasteiger partial charge in [-0.05, 0) is 13.8 Å². The van der Waals surface area contributed by atoms with Gasteiger partial charge < -0.3 is 240 Å². The van der Waals surface area contributed by atoms with Crippen molar-refractivity contribution in [2.24, 2.45) is 0 Å². The van der Waals surface area contributed by atoms with Crippen molar-refractivity contribution in [1.82, 2.24) is 26.6 Å². The van der Waals surface area contributed by atoms with Crippen LogP contribution < -0.4 is 26.6 Å². The molecule has 0 aromatic heterocycles. The van der Waals surface area contributed by atoms with Gasteiger partial charge in [-0.15, -0.1) is 0 Å². The maximum Gasteiger partial charge on any atom is 0.364 e. The topological polar surface area (TPSA) is 874 Å². The fourth-order valence-electron chi connectivity index (χ4n) is 15.8. The molecule has 0 saturated carbocycles. The Kier molecular flexibility index (Phi) is 38.0. The number of aliphatic hydroxyl groups is 25. The van der Waals surface area contributed by atoms with Crippen molar-refractivity contribution < 1.29 is 247 Å². The molecule has 8 saturated heterocycles. The summed E-state index contributed by atoms with van der Waals surface area (Å²) in [6.45, 7) is -3.50. The van der Waals surface area contributed by atoms with Gasteiger partial charge in [0, 0.05) is 47.5 Å². The van der Waals surface area contributed by atoms with Crippen LogP contribution in [0.5, 0.6) is 0 Å². The molecular weight excluding hydrogens is 1710 g/mol. The molecule has 722 valence electrons. The van der Waals surface area contributed by atoms with Crippen molar-refractivity contribution in [3.8, 4) is 0 Å². The molecule has 55 nitrogen and oxygen atoms in total. The first-order valence-electron chi connectivity index (χ1n) is 39.5. The first-order valence-corrected chi connectivity index (χ1v) is 39.5. The van der Waals surface area contributed by atoms with E-state index in [9.17, 15) is 171 Å². The molecule has 0 aromatic carbocycles. The second-order valence-electron chi connectivity index (χ2n) is 31.5. The predicted molar refractivity (Wildman–Crippen MR) is 389 cm³/mol. The van der Waals surface area contributed by atoms with Crippen LogP contribution in [-0.2, 0) is 109 Å². The number of carboxylic acids is 2. The molecule has 125 heavy (non-hydrogen) atoms. The monoisotopic (exact) mass is 1830 g/mol. The highest BCUT2D eigenvalue weighted by atomic mass is 16.8. The minimum absolute atomic E-state index is 0.850. The first kappa shape index (κ1) is 105. The summed E-state index contributed by atoms with van der Waals surface area (Å²) in [5, 5.41) is 313. The summed E-state index contributed by atoms with van der Waals surface area (Å²) in [6, 6.07) is -9.83. The number of rotatable bonds is 38. The van der Waals surface area contributed by atoms with E-state index in [-0.39, 0.29) is 0 Å². The fourth-order valence-corrected chi connectivity index (χ4v) is 15.8. The molecule has 8 aliphatic heterocycles. The third-order valence-corrected chi connectivity index (χ3v) is 22.3. The van der Waals surface area contributed by atoms with Crippen LogP contribution in [-0.4, -0.2) is 513 Å². The fraction of sp³-hybridized carbons (Fsp3) is 0.900. The number of aliphatic hydroxyl groups excluding tert-OH is 25. The van der Waals surface area contributed by atoms with Crippen molar-refractivity contribution >= 4 is 41.5 Å². The number of carbonyl (C=O) groups is 7. The Balaban J connectivity index is 1.14. The number of hydrogen-bond donors (Lipinski definition) is 32. The Morgan fingerprint density at radius 2 is 0.712 bits per heavy atom. The second kappa shape index (κ2) is 45.2. The van der Waals surface area contributed by atoms with E-state index in [1.165, 1.54) is 13.8 Å². The zero-order valence-electron chi connectivity index (χ0n) is 67.9. The molecule has 8 aliphatic rings. The van der Waals surface area contributed by atoms with Crippen molar-refractivity contribution in [2.45, 2.75) is 342 Å². The lowest BCUT2D eigenvalue weighted by Gasteiger charge is -2.52. The highest BCUT2D eigenvalue weighted by Crippen LogP contribution is 2.43. The second-order valence-corrected chi connectivity index (χ2v) is 31.5. The Morgan fingerprint density at radius 3 is 1.05 bits per heavy atom. The molecule has 55 heteroatoms. The summed E-state index contributed by atoms with van der Waals surface area (Å²) in [4.78, 5) is 91.7. The maximum absolute atomic E-state index is 13.7. The molecule has 46 atom stereocenters. The number of carbonyl (C=O) groups excluding carboxylic acids is 5. The Bertz CT molecular complexity index is 3490. The van der Waals surface area contributed by atoms with Gasteiger partial charge in [0.15, 0.2) is 37.7 Å². The molecule has 8 fully saturated rings. The van der Waals surface area contributed by atoms with Crippen molar-refractivity contribution in [3.05, 3.63) is 0 Å². The van der Waals surface area contributed by atoms with Crippen LogP contribution in [0.1, 0.15) is 61.3 Å². The van der Waals surface area contributed by atoms with Gasteiger partial charge in [0.1, 0.15) is 189 Å². The largest absolute Gasteiger partial charge is 0.477 e. The summed E-state index contributed by atoms with van der Waals surface area (Å²) in [5.41, 5.74) is 0. The minimum atomic E-state index is -3.37. The summed E-state index contributed by atoms with van der Waals surface area (Å²) < 4.78 is 95.8. The van der Waals surface area contributed by atoms with Crippen LogP contribution in [0.3, 0.4) is 0 Å². The number of aliphatic carboxylic acids is 2. The van der Waals surface area contributed by atoms with Crippen LogP contribution >= 0.6 is 0 Å². The standard InChI is InChI=1S/C70H117N5O50/c1-18-39(93)46(100)48(102)63(111-18)120-57-37(74-23(6)86)61(115-33(15-81)53(57)118-65-50(104)59(44(98)31(13-79)113-65)124-69(67(106)107)8-26(88)35(72-21(4)84)55(122-69)41(95)28(90)11-77)110-17-30(92)43(97)52(25(10-76)71-20(3)83)117-62-38(75-24(7)87)58(121-64-49(103)47(101)40(94)19(2)112-64)54(34(16-82)116-62)119-66-51(105)60(45(99)32(14-80)114-66)125-70(68(108)109)9-27(89)36(73-22(5)85)56(123-70)42(96)29(91)12-78/h18-19,25-66,76-82,88-105H,8-17H2,1-7H3,(H,71,83)(H,72,84)(H,73,85)(H,74,86)(H,75,87)(H,106,107)(H,108,109)/t18-,19-,25-,26-,27-,28+,29+,30+,31+,32+,33+,34+,35+,36+,37+,38+,39+,40+,41+,42+,43-,44-,45-,46+,47+,48-,49-,50+,51+,52+,53+,54+,55+,56+,57+,58+,59-,60-,61+,62-,63-,64-,65-,66-,69-,70-/m0/s1. The molecule has 0 aliphatic carbocycles. The minimum Gasteiger partial charge on any atom is -0.477 e. The summed E-state index contributed by atoms with van der Waals surface area (Å²) in [6.07, 6.45) is -89.6. The van der Waals surface area contributed by atoms with E-state index in [1.54, 1.807) is 0 Å². The van der Waals surface area contributed by atoms with Gasteiger partial charge in [-0.3, -0.25) is 24.0 Å². The maximum atomic E-state index is 13.7. The highest BCUT2D eigenvalue weighted by Gasteiger charge is 2.65. The molecule has 8 heterocycles. The van der Waals surface area contributed by atoms with Crippen molar-refractivity contribution in [2.75, 3.05) is 52.9 Å². The summed E-state index contributed by atoms with van der Waals surface area (Å²) >= 11 is 0. The normalized spacial score (nSPS) is 43.3. The Morgan fingerprint density at radius 1 is 0.376 bits per heavy atom. The van der Waals surface area contributed by atoms with Gasteiger partial charge in [0.2, 0.25) is 29.5 Å². The predicted octanol–water partition coefficient (Wildman–Crippen LogP) is -19.8. The number of amides is 5. The van der Waals surface area contributed by atoms with Crippen LogP contribution in [0.25, 0.3) is 0 Å². The number of hydrogen-bond acceptors (Lipinski definition) is 48. The van der Waals surface area contributed by atoms with Crippen LogP contribution in [0.2, 0.25) is 0 Å². The van der Waals surface area contributed by atoms with E-state index in [0.29, 0.717) is 0 Å². The van der Waals surface area contributed by atoms with E-state index in [0.717, 1.165) is 34.6 Å². The smallest absolute Gasteiger partial charge is 0.364 e. The van der Waals surface area contributed by atoms with E-state index < -0.39 is 388 Å². The van der Waals surface area contributed by atoms with Gasteiger partial charge in [-0.2, -0.15) is 0 Å². The molecule has 0 radical (unpaired) electrons. The summed E-state index contributed by atoms with van der Waals surface area (Å²) in [7, 11) is 0. The Hall–Kier alpha value is -5.35. The van der Waals surface area contributed by atoms with Crippen LogP contribution in [0, 0.1) is 0 Å². The Labute approximate surface area is 708 Å². The number of nitrogens with one attached hydrogen (secondary N) is 5. The summed E-state index contributed by atoms with van der Waals surface area (Å²) in [5.74, 6) is -16.1. The molecule has 0 unspecified atom stereocenters. The van der Waals surface area contributed by atoms with Gasteiger partial charge in [-0.25, -0.2) is 9.59 Å². The quantitative estimate of drug-likeness (QED) is 0.0273. The number of ether oxygens (including phenoxy) is 16. The van der Waals surface area contributed by atoms with Crippen molar-refractivity contribution in [1.29, 1.82) is 0 Å². The molecular formula is C70H117N5O50. The van der Waals surface area contributed by atoms with Gasteiger partial charge >= 0.3 is 11.9 Å².